The lowest BCUT2D eigenvalue weighted by Gasteiger charge is -2.22. The predicted octanol–water partition coefficient (Wildman–Crippen LogP) is 0.526. The summed E-state index contributed by atoms with van der Waals surface area (Å²) >= 11 is 0. The van der Waals surface area contributed by atoms with Crippen LogP contribution >= 0.6 is 0 Å². The van der Waals surface area contributed by atoms with E-state index in [-0.39, 0.29) is 12.6 Å². The molecule has 0 saturated carbocycles. The molecule has 1 saturated heterocycles. The van der Waals surface area contributed by atoms with Gasteiger partial charge in [0, 0.05) is 13.2 Å². The molecule has 94 valence electrons. The molecule has 1 aliphatic rings. The molecule has 4 nitrogen and oxygen atoms in total. The average molecular weight is 236 g/mol. The molecule has 1 amide bonds. The molecule has 0 bridgehead atoms. The highest BCUT2D eigenvalue weighted by atomic mass is 19.3. The van der Waals surface area contributed by atoms with Crippen LogP contribution < -0.4 is 10.6 Å². The van der Waals surface area contributed by atoms with Crippen LogP contribution in [0.25, 0.3) is 0 Å². The van der Waals surface area contributed by atoms with E-state index in [9.17, 15) is 13.6 Å². The van der Waals surface area contributed by atoms with Crippen LogP contribution in [0, 0.1) is 0 Å². The van der Waals surface area contributed by atoms with Gasteiger partial charge in [-0.25, -0.2) is 0 Å². The molecule has 1 fully saturated rings. The highest BCUT2D eigenvalue weighted by Gasteiger charge is 2.14. The smallest absolute Gasteiger partial charge is 0.315 e. The average Bonchev–Trinajstić information content (AvgIpc) is 2.29. The number of hydrogen-bond acceptors (Lipinski definition) is 3. The van der Waals surface area contributed by atoms with Gasteiger partial charge in [0.05, 0.1) is 6.10 Å². The minimum absolute atomic E-state index is 0.244. The minimum atomic E-state index is -2.93. The molecule has 0 unspecified atom stereocenters. The van der Waals surface area contributed by atoms with E-state index in [1.807, 2.05) is 0 Å². The van der Waals surface area contributed by atoms with E-state index in [2.05, 4.69) is 10.6 Å². The van der Waals surface area contributed by atoms with Gasteiger partial charge >= 0.3 is 6.43 Å². The maximum Gasteiger partial charge on any atom is 0.315 e. The van der Waals surface area contributed by atoms with Crippen LogP contribution in [0.1, 0.15) is 19.3 Å². The first-order valence-corrected chi connectivity index (χ1v) is 5.58. The fourth-order valence-electron chi connectivity index (χ4n) is 1.57. The van der Waals surface area contributed by atoms with Crippen molar-refractivity contribution in [2.75, 3.05) is 26.2 Å². The maximum atomic E-state index is 11.8. The van der Waals surface area contributed by atoms with E-state index in [4.69, 9.17) is 4.74 Å². The summed E-state index contributed by atoms with van der Waals surface area (Å²) in [5, 5.41) is 5.36. The summed E-state index contributed by atoms with van der Waals surface area (Å²) in [6, 6.07) is 0. The largest absolute Gasteiger partial charge is 0.378 e. The normalized spacial score (nSPS) is 17.7. The van der Waals surface area contributed by atoms with Crippen molar-refractivity contribution >= 4 is 5.91 Å². The molecule has 6 heteroatoms. The SMILES string of the molecule is O=C(NCCCOC1CCNCC1)C(F)F. The summed E-state index contributed by atoms with van der Waals surface area (Å²) in [4.78, 5) is 10.5. The highest BCUT2D eigenvalue weighted by Crippen LogP contribution is 2.07. The van der Waals surface area contributed by atoms with Gasteiger partial charge in [-0.1, -0.05) is 0 Å². The highest BCUT2D eigenvalue weighted by molar-refractivity contribution is 5.78. The number of amides is 1. The van der Waals surface area contributed by atoms with Crippen molar-refractivity contribution in [2.45, 2.75) is 31.8 Å². The quantitative estimate of drug-likeness (QED) is 0.661. The first-order chi connectivity index (χ1) is 7.70. The first-order valence-electron chi connectivity index (χ1n) is 5.58. The molecule has 0 aliphatic carbocycles. The Balaban J connectivity index is 1.93. The lowest BCUT2D eigenvalue weighted by molar-refractivity contribution is -0.131. The fourth-order valence-corrected chi connectivity index (χ4v) is 1.57. The third-order valence-electron chi connectivity index (χ3n) is 2.46. The number of piperidine rings is 1. The molecular formula is C10H18F2N2O2. The molecule has 2 N–H and O–H groups in total. The van der Waals surface area contributed by atoms with E-state index in [1.54, 1.807) is 0 Å². The predicted molar refractivity (Wildman–Crippen MR) is 55.5 cm³/mol. The number of rotatable bonds is 6. The number of carbonyl (C=O) groups excluding carboxylic acids is 1. The topological polar surface area (TPSA) is 50.4 Å². The summed E-state index contributed by atoms with van der Waals surface area (Å²) in [5.41, 5.74) is 0. The van der Waals surface area contributed by atoms with Gasteiger partial charge in [0.15, 0.2) is 0 Å². The van der Waals surface area contributed by atoms with Gasteiger partial charge in [0.25, 0.3) is 5.91 Å². The summed E-state index contributed by atoms with van der Waals surface area (Å²) in [5.74, 6) is -1.21. The zero-order valence-corrected chi connectivity index (χ0v) is 9.18. The third kappa shape index (κ3) is 5.37. The van der Waals surface area contributed by atoms with E-state index >= 15 is 0 Å². The van der Waals surface area contributed by atoms with Crippen molar-refractivity contribution in [1.82, 2.24) is 10.6 Å². The van der Waals surface area contributed by atoms with Crippen LogP contribution in [0.5, 0.6) is 0 Å². The van der Waals surface area contributed by atoms with Crippen molar-refractivity contribution in [2.24, 2.45) is 0 Å². The van der Waals surface area contributed by atoms with Gasteiger partial charge in [-0.05, 0) is 32.4 Å². The van der Waals surface area contributed by atoms with Crippen LogP contribution in [0.15, 0.2) is 0 Å². The van der Waals surface area contributed by atoms with E-state index < -0.39 is 12.3 Å². The molecule has 0 aromatic rings. The molecule has 1 aliphatic heterocycles. The summed E-state index contributed by atoms with van der Waals surface area (Å²) < 4.78 is 29.1. The third-order valence-corrected chi connectivity index (χ3v) is 2.46. The van der Waals surface area contributed by atoms with Gasteiger partial charge in [-0.2, -0.15) is 8.78 Å². The Morgan fingerprint density at radius 2 is 2.12 bits per heavy atom. The fraction of sp³-hybridized carbons (Fsp3) is 0.900. The lowest BCUT2D eigenvalue weighted by Crippen LogP contribution is -2.33. The molecule has 1 heterocycles. The number of carbonyl (C=O) groups is 1. The Morgan fingerprint density at radius 1 is 1.44 bits per heavy atom. The van der Waals surface area contributed by atoms with E-state index in [0.717, 1.165) is 25.9 Å². The van der Waals surface area contributed by atoms with Crippen molar-refractivity contribution in [1.29, 1.82) is 0 Å². The van der Waals surface area contributed by atoms with Gasteiger partial charge in [-0.3, -0.25) is 4.79 Å². The first kappa shape index (κ1) is 13.3. The minimum Gasteiger partial charge on any atom is -0.378 e. The van der Waals surface area contributed by atoms with Crippen LogP contribution in [0.3, 0.4) is 0 Å². The Bertz CT molecular complexity index is 209. The molecule has 1 rings (SSSR count). The molecule has 16 heavy (non-hydrogen) atoms. The van der Waals surface area contributed by atoms with Crippen molar-refractivity contribution in [3.05, 3.63) is 0 Å². The number of ether oxygens (including phenoxy) is 1. The number of nitrogens with one attached hydrogen (secondary N) is 2. The van der Waals surface area contributed by atoms with Gasteiger partial charge < -0.3 is 15.4 Å². The second-order valence-corrected chi connectivity index (χ2v) is 3.77. The molecule has 0 radical (unpaired) electrons. The Labute approximate surface area is 93.7 Å². The van der Waals surface area contributed by atoms with Crippen LogP contribution in [0.2, 0.25) is 0 Å². The molecular weight excluding hydrogens is 218 g/mol. The second-order valence-electron chi connectivity index (χ2n) is 3.77. The molecule has 0 spiro atoms. The Hall–Kier alpha value is -0.750. The number of alkyl halides is 2. The van der Waals surface area contributed by atoms with Gasteiger partial charge in [0.1, 0.15) is 0 Å². The second kappa shape index (κ2) is 7.51. The van der Waals surface area contributed by atoms with Crippen LogP contribution in [-0.4, -0.2) is 44.7 Å². The summed E-state index contributed by atoms with van der Waals surface area (Å²) in [7, 11) is 0. The Morgan fingerprint density at radius 3 is 2.75 bits per heavy atom. The monoisotopic (exact) mass is 236 g/mol. The summed E-state index contributed by atoms with van der Waals surface area (Å²) in [6.07, 6.45) is -0.104. The molecule has 0 aromatic carbocycles. The van der Waals surface area contributed by atoms with Crippen molar-refractivity contribution < 1.29 is 18.3 Å². The number of halogens is 2. The molecule has 0 atom stereocenters. The zero-order valence-electron chi connectivity index (χ0n) is 9.18. The molecule has 0 aromatic heterocycles. The standard InChI is InChI=1S/C10H18F2N2O2/c11-9(12)10(15)14-4-1-7-16-8-2-5-13-6-3-8/h8-9,13H,1-7H2,(H,14,15). The van der Waals surface area contributed by atoms with Crippen molar-refractivity contribution in [3.63, 3.8) is 0 Å². The van der Waals surface area contributed by atoms with Gasteiger partial charge in [-0.15, -0.1) is 0 Å². The maximum absolute atomic E-state index is 11.8. The van der Waals surface area contributed by atoms with E-state index in [0.29, 0.717) is 13.0 Å². The summed E-state index contributed by atoms with van der Waals surface area (Å²) in [6.45, 7) is 2.68. The van der Waals surface area contributed by atoms with Crippen LogP contribution in [-0.2, 0) is 9.53 Å². The lowest BCUT2D eigenvalue weighted by atomic mass is 10.1. The zero-order chi connectivity index (χ0) is 11.8. The Kier molecular flexibility index (Phi) is 6.25. The van der Waals surface area contributed by atoms with Crippen LogP contribution in [0.4, 0.5) is 8.78 Å². The van der Waals surface area contributed by atoms with Crippen molar-refractivity contribution in [3.8, 4) is 0 Å². The van der Waals surface area contributed by atoms with E-state index in [1.165, 1.54) is 0 Å². The number of hydrogen-bond donors (Lipinski definition) is 2. The van der Waals surface area contributed by atoms with Gasteiger partial charge in [0.2, 0.25) is 0 Å².